The Kier molecular flexibility index (Phi) is 5.36. The first kappa shape index (κ1) is 17.5. The van der Waals surface area contributed by atoms with Crippen molar-refractivity contribution < 1.29 is 9.53 Å². The minimum absolute atomic E-state index is 0.107. The summed E-state index contributed by atoms with van der Waals surface area (Å²) in [6.07, 6.45) is 3.92. The van der Waals surface area contributed by atoms with Crippen LogP contribution in [0.5, 0.6) is 5.75 Å². The molecule has 3 rings (SSSR count). The van der Waals surface area contributed by atoms with E-state index in [2.05, 4.69) is 0 Å². The average molecular weight is 367 g/mol. The van der Waals surface area contributed by atoms with Gasteiger partial charge in [-0.2, -0.15) is 0 Å². The summed E-state index contributed by atoms with van der Waals surface area (Å²) < 4.78 is 5.76. The average Bonchev–Trinajstić information content (AvgIpc) is 2.89. The molecule has 1 aliphatic heterocycles. The van der Waals surface area contributed by atoms with Crippen LogP contribution in [0.15, 0.2) is 71.2 Å². The van der Waals surface area contributed by atoms with E-state index in [1.807, 2.05) is 67.6 Å². The summed E-state index contributed by atoms with van der Waals surface area (Å²) in [6, 6.07) is 17.3. The number of carbonyl (C=O) groups is 1. The third-order valence-electron chi connectivity index (χ3n) is 3.66. The van der Waals surface area contributed by atoms with E-state index in [4.69, 9.17) is 17.0 Å². The molecule has 0 aliphatic carbocycles. The summed E-state index contributed by atoms with van der Waals surface area (Å²) in [5.74, 6) is 0.583. The maximum Gasteiger partial charge on any atom is 0.270 e. The molecule has 0 aromatic heterocycles. The van der Waals surface area contributed by atoms with Crippen molar-refractivity contribution in [2.24, 2.45) is 0 Å². The van der Waals surface area contributed by atoms with Gasteiger partial charge in [-0.25, -0.2) is 0 Å². The summed E-state index contributed by atoms with van der Waals surface area (Å²) in [4.78, 5) is 15.0. The van der Waals surface area contributed by atoms with Crippen molar-refractivity contribution in [1.82, 2.24) is 0 Å². The van der Waals surface area contributed by atoms with Gasteiger partial charge in [0, 0.05) is 6.07 Å². The number of carbonyl (C=O) groups excluding carboxylic acids is 1. The first-order chi connectivity index (χ1) is 12.1. The second kappa shape index (κ2) is 7.68. The number of benzene rings is 2. The monoisotopic (exact) mass is 367 g/mol. The lowest BCUT2D eigenvalue weighted by molar-refractivity contribution is -0.113. The predicted molar refractivity (Wildman–Crippen MR) is 109 cm³/mol. The van der Waals surface area contributed by atoms with E-state index in [-0.39, 0.29) is 5.91 Å². The molecule has 2 aromatic rings. The normalized spacial score (nSPS) is 16.6. The molecule has 0 saturated carbocycles. The molecule has 1 heterocycles. The molecule has 0 spiro atoms. The fraction of sp³-hybridized carbons (Fsp3) is 0.100. The van der Waals surface area contributed by atoms with E-state index in [0.29, 0.717) is 15.0 Å². The number of thioether (sulfide) groups is 1. The predicted octanol–water partition coefficient (Wildman–Crippen LogP) is 5.05. The molecule has 0 bridgehead atoms. The van der Waals surface area contributed by atoms with Crippen molar-refractivity contribution in [1.29, 1.82) is 0 Å². The molecule has 0 atom stereocenters. The number of ether oxygens (including phenoxy) is 1. The summed E-state index contributed by atoms with van der Waals surface area (Å²) in [5.41, 5.74) is 2.81. The summed E-state index contributed by atoms with van der Waals surface area (Å²) in [5, 5.41) is 0. The number of allylic oxidation sites excluding steroid dienone is 2. The lowest BCUT2D eigenvalue weighted by Crippen LogP contribution is -2.27. The first-order valence-corrected chi connectivity index (χ1v) is 8.96. The summed E-state index contributed by atoms with van der Waals surface area (Å²) in [6.45, 7) is 1.98. The van der Waals surface area contributed by atoms with Gasteiger partial charge in [0.2, 0.25) is 0 Å². The van der Waals surface area contributed by atoms with Crippen LogP contribution in [0.3, 0.4) is 0 Å². The SMILES string of the molecule is COc1cccc(N2C(=O)/C(=C/C(C)=C/c3ccccc3)SC2=S)c1. The van der Waals surface area contributed by atoms with Crippen molar-refractivity contribution in [3.8, 4) is 5.75 Å². The van der Waals surface area contributed by atoms with Crippen LogP contribution in [0.1, 0.15) is 12.5 Å². The molecule has 5 heteroatoms. The Morgan fingerprint density at radius 1 is 1.16 bits per heavy atom. The number of thiocarbonyl (C=S) groups is 1. The Bertz CT molecular complexity index is 872. The number of amides is 1. The Morgan fingerprint density at radius 3 is 2.64 bits per heavy atom. The van der Waals surface area contributed by atoms with Gasteiger partial charge in [-0.05, 0) is 36.3 Å². The van der Waals surface area contributed by atoms with Crippen LogP contribution >= 0.6 is 24.0 Å². The number of hydrogen-bond acceptors (Lipinski definition) is 4. The minimum atomic E-state index is -0.107. The molecule has 0 radical (unpaired) electrons. The van der Waals surface area contributed by atoms with Gasteiger partial charge < -0.3 is 4.74 Å². The van der Waals surface area contributed by atoms with Crippen LogP contribution in [-0.2, 0) is 4.79 Å². The molecule has 0 N–H and O–H groups in total. The molecule has 3 nitrogen and oxygen atoms in total. The van der Waals surface area contributed by atoms with Gasteiger partial charge in [0.1, 0.15) is 5.75 Å². The molecule has 1 saturated heterocycles. The van der Waals surface area contributed by atoms with Crippen LogP contribution in [0.2, 0.25) is 0 Å². The fourth-order valence-electron chi connectivity index (χ4n) is 2.50. The van der Waals surface area contributed by atoms with Crippen molar-refractivity contribution in [3.63, 3.8) is 0 Å². The third-order valence-corrected chi connectivity index (χ3v) is 4.96. The number of nitrogens with zero attached hydrogens (tertiary/aromatic N) is 1. The van der Waals surface area contributed by atoms with Gasteiger partial charge in [-0.1, -0.05) is 66.5 Å². The third kappa shape index (κ3) is 4.00. The molecular formula is C20H17NO2S2. The Balaban J connectivity index is 1.86. The highest BCUT2D eigenvalue weighted by Crippen LogP contribution is 2.36. The van der Waals surface area contributed by atoms with Gasteiger partial charge in [0.25, 0.3) is 5.91 Å². The largest absolute Gasteiger partial charge is 0.497 e. The fourth-order valence-corrected chi connectivity index (χ4v) is 3.85. The van der Waals surface area contributed by atoms with E-state index in [0.717, 1.165) is 16.8 Å². The van der Waals surface area contributed by atoms with E-state index in [9.17, 15) is 4.79 Å². The van der Waals surface area contributed by atoms with Crippen LogP contribution in [0.25, 0.3) is 6.08 Å². The van der Waals surface area contributed by atoms with Crippen molar-refractivity contribution in [2.75, 3.05) is 12.0 Å². The van der Waals surface area contributed by atoms with Crippen LogP contribution in [0.4, 0.5) is 5.69 Å². The van der Waals surface area contributed by atoms with Crippen LogP contribution in [-0.4, -0.2) is 17.3 Å². The zero-order chi connectivity index (χ0) is 17.8. The molecule has 0 unspecified atom stereocenters. The molecular weight excluding hydrogens is 350 g/mol. The number of methoxy groups -OCH3 is 1. The summed E-state index contributed by atoms with van der Waals surface area (Å²) >= 11 is 6.72. The van der Waals surface area contributed by atoms with Gasteiger partial charge in [-0.15, -0.1) is 0 Å². The quantitative estimate of drug-likeness (QED) is 0.559. The summed E-state index contributed by atoms with van der Waals surface area (Å²) in [7, 11) is 1.60. The van der Waals surface area contributed by atoms with Gasteiger partial charge in [0.05, 0.1) is 17.7 Å². The number of anilines is 1. The standard InChI is InChI=1S/C20H17NO2S2/c1-14(11-15-7-4-3-5-8-15)12-18-19(22)21(20(24)25-18)16-9-6-10-17(13-16)23-2/h3-13H,1-2H3/b14-11+,18-12-. The highest BCUT2D eigenvalue weighted by atomic mass is 32.2. The van der Waals surface area contributed by atoms with E-state index in [1.165, 1.54) is 11.8 Å². The highest BCUT2D eigenvalue weighted by molar-refractivity contribution is 8.27. The number of rotatable bonds is 4. The van der Waals surface area contributed by atoms with E-state index >= 15 is 0 Å². The maximum absolute atomic E-state index is 12.8. The van der Waals surface area contributed by atoms with Gasteiger partial charge in [-0.3, -0.25) is 9.69 Å². The molecule has 1 fully saturated rings. The zero-order valence-electron chi connectivity index (χ0n) is 13.9. The Labute approximate surface area is 157 Å². The van der Waals surface area contributed by atoms with Crippen LogP contribution < -0.4 is 9.64 Å². The zero-order valence-corrected chi connectivity index (χ0v) is 15.6. The smallest absolute Gasteiger partial charge is 0.270 e. The van der Waals surface area contributed by atoms with Gasteiger partial charge in [0.15, 0.2) is 4.32 Å². The molecule has 1 amide bonds. The van der Waals surface area contributed by atoms with Crippen molar-refractivity contribution >= 4 is 46.0 Å². The van der Waals surface area contributed by atoms with E-state index < -0.39 is 0 Å². The molecule has 2 aromatic carbocycles. The second-order valence-corrected chi connectivity index (χ2v) is 7.19. The lowest BCUT2D eigenvalue weighted by Gasteiger charge is -2.15. The van der Waals surface area contributed by atoms with Crippen LogP contribution in [0, 0.1) is 0 Å². The maximum atomic E-state index is 12.8. The van der Waals surface area contributed by atoms with E-state index in [1.54, 1.807) is 18.1 Å². The topological polar surface area (TPSA) is 29.5 Å². The highest BCUT2D eigenvalue weighted by Gasteiger charge is 2.33. The molecule has 25 heavy (non-hydrogen) atoms. The Hall–Kier alpha value is -2.37. The minimum Gasteiger partial charge on any atom is -0.497 e. The molecule has 126 valence electrons. The first-order valence-electron chi connectivity index (χ1n) is 7.74. The Morgan fingerprint density at radius 2 is 1.92 bits per heavy atom. The van der Waals surface area contributed by atoms with Gasteiger partial charge >= 0.3 is 0 Å². The number of hydrogen-bond donors (Lipinski definition) is 0. The van der Waals surface area contributed by atoms with Crippen molar-refractivity contribution in [3.05, 3.63) is 76.7 Å². The molecule has 1 aliphatic rings. The van der Waals surface area contributed by atoms with Crippen molar-refractivity contribution in [2.45, 2.75) is 6.92 Å². The lowest BCUT2D eigenvalue weighted by atomic mass is 10.1. The second-order valence-electron chi connectivity index (χ2n) is 5.52.